The molecule has 0 saturated carbocycles. The van der Waals surface area contributed by atoms with Gasteiger partial charge >= 0.3 is 0 Å². The van der Waals surface area contributed by atoms with E-state index in [-0.39, 0.29) is 10.5 Å². The quantitative estimate of drug-likeness (QED) is 0.698. The van der Waals surface area contributed by atoms with E-state index in [0.29, 0.717) is 16.6 Å². The van der Waals surface area contributed by atoms with Gasteiger partial charge in [0.05, 0.1) is 11.3 Å². The van der Waals surface area contributed by atoms with Crippen molar-refractivity contribution in [3.63, 3.8) is 0 Å². The lowest BCUT2D eigenvalue weighted by Gasteiger charge is -2.12. The van der Waals surface area contributed by atoms with E-state index < -0.39 is 5.82 Å². The van der Waals surface area contributed by atoms with Crippen molar-refractivity contribution in [2.45, 2.75) is 6.54 Å². The maximum Gasteiger partial charge on any atom is 0.150 e. The first-order valence-corrected chi connectivity index (χ1v) is 7.79. The molecule has 3 rings (SSSR count). The van der Waals surface area contributed by atoms with Gasteiger partial charge in [0.2, 0.25) is 0 Å². The van der Waals surface area contributed by atoms with Crippen LogP contribution >= 0.6 is 11.6 Å². The highest BCUT2D eigenvalue weighted by Gasteiger charge is 2.13. The summed E-state index contributed by atoms with van der Waals surface area (Å²) < 4.78 is 14.2. The van der Waals surface area contributed by atoms with Gasteiger partial charge in [0.25, 0.3) is 0 Å². The Kier molecular flexibility index (Phi) is 4.48. The summed E-state index contributed by atoms with van der Waals surface area (Å²) in [6.07, 6.45) is 0. The van der Waals surface area contributed by atoms with E-state index in [9.17, 15) is 9.65 Å². The molecule has 0 spiro atoms. The lowest BCUT2D eigenvalue weighted by atomic mass is 10.0. The van der Waals surface area contributed by atoms with Crippen LogP contribution in [0.4, 0.5) is 4.39 Å². The molecule has 120 valence electrons. The number of halogens is 2. The molecule has 0 aliphatic carbocycles. The minimum Gasteiger partial charge on any atom is -0.305 e. The van der Waals surface area contributed by atoms with E-state index in [1.54, 1.807) is 12.1 Å². The number of pyridine rings is 1. The van der Waals surface area contributed by atoms with Crippen molar-refractivity contribution in [2.75, 3.05) is 14.1 Å². The first-order valence-electron chi connectivity index (χ1n) is 7.42. The van der Waals surface area contributed by atoms with Crippen LogP contribution < -0.4 is 0 Å². The fourth-order valence-corrected chi connectivity index (χ4v) is 2.91. The summed E-state index contributed by atoms with van der Waals surface area (Å²) in [4.78, 5) is 6.46. The van der Waals surface area contributed by atoms with Crippen LogP contribution in [0.1, 0.15) is 11.1 Å². The monoisotopic (exact) mass is 339 g/mol. The second kappa shape index (κ2) is 6.56. The van der Waals surface area contributed by atoms with Crippen molar-refractivity contribution >= 4 is 22.5 Å². The summed E-state index contributed by atoms with van der Waals surface area (Å²) in [6.45, 7) is 0.771. The maximum atomic E-state index is 14.2. The largest absolute Gasteiger partial charge is 0.305 e. The van der Waals surface area contributed by atoms with Crippen LogP contribution in [0, 0.1) is 17.1 Å². The number of hydrogen-bond acceptors (Lipinski definition) is 3. The van der Waals surface area contributed by atoms with E-state index in [4.69, 9.17) is 11.6 Å². The lowest BCUT2D eigenvalue weighted by Crippen LogP contribution is -2.10. The summed E-state index contributed by atoms with van der Waals surface area (Å²) >= 11 is 5.89. The number of hydrogen-bond donors (Lipinski definition) is 0. The van der Waals surface area contributed by atoms with Gasteiger partial charge in [-0.05, 0) is 43.9 Å². The van der Waals surface area contributed by atoms with Crippen LogP contribution in [0.25, 0.3) is 22.2 Å². The molecular weight excluding hydrogens is 325 g/mol. The zero-order valence-corrected chi connectivity index (χ0v) is 14.1. The smallest absolute Gasteiger partial charge is 0.150 e. The van der Waals surface area contributed by atoms with Crippen LogP contribution in [-0.2, 0) is 6.54 Å². The Morgan fingerprint density at radius 1 is 1.21 bits per heavy atom. The molecule has 0 bridgehead atoms. The van der Waals surface area contributed by atoms with Gasteiger partial charge in [-0.25, -0.2) is 9.37 Å². The molecule has 0 aliphatic heterocycles. The minimum absolute atomic E-state index is 0.214. The molecule has 24 heavy (non-hydrogen) atoms. The van der Waals surface area contributed by atoms with Gasteiger partial charge in [-0.15, -0.1) is 0 Å². The molecule has 2 aromatic carbocycles. The second-order valence-corrected chi connectivity index (χ2v) is 6.33. The van der Waals surface area contributed by atoms with Gasteiger partial charge in [0.15, 0.2) is 5.82 Å². The van der Waals surface area contributed by atoms with Crippen LogP contribution in [0.5, 0.6) is 0 Å². The van der Waals surface area contributed by atoms with Crippen molar-refractivity contribution in [1.82, 2.24) is 9.88 Å². The molecule has 3 nitrogen and oxygen atoms in total. The maximum absolute atomic E-state index is 14.2. The molecule has 1 heterocycles. The van der Waals surface area contributed by atoms with Gasteiger partial charge in [-0.2, -0.15) is 5.26 Å². The van der Waals surface area contributed by atoms with Crippen molar-refractivity contribution in [2.24, 2.45) is 0 Å². The van der Waals surface area contributed by atoms with Crippen LogP contribution in [0.3, 0.4) is 0 Å². The molecule has 0 saturated heterocycles. The molecule has 0 atom stereocenters. The number of fused-ring (bicyclic) bond motifs is 1. The van der Waals surface area contributed by atoms with Crippen molar-refractivity contribution in [3.8, 4) is 17.3 Å². The van der Waals surface area contributed by atoms with Gasteiger partial charge in [0, 0.05) is 22.5 Å². The Bertz CT molecular complexity index is 961. The fourth-order valence-electron chi connectivity index (χ4n) is 2.70. The SMILES string of the molecule is CN(C)Cc1cccc(-c2nc3c(F)cc(Cl)cc3cc2C#N)c1. The Morgan fingerprint density at radius 3 is 2.71 bits per heavy atom. The highest BCUT2D eigenvalue weighted by atomic mass is 35.5. The Hall–Kier alpha value is -2.48. The molecular formula is C19H15ClFN3. The summed E-state index contributed by atoms with van der Waals surface area (Å²) in [5, 5.41) is 10.3. The Labute approximate surface area is 144 Å². The first-order chi connectivity index (χ1) is 11.5. The molecule has 0 amide bonds. The predicted octanol–water partition coefficient (Wildman–Crippen LogP) is 4.63. The van der Waals surface area contributed by atoms with Gasteiger partial charge in [-0.1, -0.05) is 29.8 Å². The molecule has 0 unspecified atom stereocenters. The zero-order valence-electron chi connectivity index (χ0n) is 13.3. The number of benzene rings is 2. The zero-order chi connectivity index (χ0) is 17.3. The van der Waals surface area contributed by atoms with Crippen molar-refractivity contribution in [1.29, 1.82) is 5.26 Å². The van der Waals surface area contributed by atoms with Crippen molar-refractivity contribution < 1.29 is 4.39 Å². The summed E-state index contributed by atoms with van der Waals surface area (Å²) in [5.74, 6) is -0.493. The van der Waals surface area contributed by atoms with Gasteiger partial charge in [-0.3, -0.25) is 0 Å². The van der Waals surface area contributed by atoms with E-state index in [1.807, 2.05) is 38.4 Å². The van der Waals surface area contributed by atoms with E-state index in [1.165, 1.54) is 6.07 Å². The highest BCUT2D eigenvalue weighted by Crippen LogP contribution is 2.29. The number of rotatable bonds is 3. The molecule has 0 aliphatic rings. The molecule has 0 fully saturated rings. The van der Waals surface area contributed by atoms with E-state index >= 15 is 0 Å². The van der Waals surface area contributed by atoms with E-state index in [0.717, 1.165) is 17.7 Å². The summed E-state index contributed by atoms with van der Waals surface area (Å²) in [5.41, 5.74) is 2.98. The van der Waals surface area contributed by atoms with Crippen LogP contribution in [0.2, 0.25) is 5.02 Å². The van der Waals surface area contributed by atoms with Gasteiger partial charge < -0.3 is 4.90 Å². The minimum atomic E-state index is -0.493. The third-order valence-corrected chi connectivity index (χ3v) is 3.87. The third kappa shape index (κ3) is 3.23. The highest BCUT2D eigenvalue weighted by molar-refractivity contribution is 6.31. The standard InChI is InChI=1S/C19H15ClFN3/c1-24(2)11-12-4-3-5-13(6-12)18-15(10-22)7-14-8-16(20)9-17(21)19(14)23-18/h3-9H,11H2,1-2H3. The third-order valence-electron chi connectivity index (χ3n) is 3.66. The average molecular weight is 340 g/mol. The second-order valence-electron chi connectivity index (χ2n) is 5.89. The van der Waals surface area contributed by atoms with Crippen molar-refractivity contribution in [3.05, 3.63) is 64.4 Å². The topological polar surface area (TPSA) is 39.9 Å². The fraction of sp³-hybridized carbons (Fsp3) is 0.158. The molecule has 3 aromatic rings. The Balaban J connectivity index is 2.20. The first kappa shape index (κ1) is 16.4. The summed E-state index contributed by atoms with van der Waals surface area (Å²) in [7, 11) is 3.97. The molecule has 1 aromatic heterocycles. The number of nitrogens with zero attached hydrogens (tertiary/aromatic N) is 3. The van der Waals surface area contributed by atoms with E-state index in [2.05, 4.69) is 16.0 Å². The molecule has 0 N–H and O–H groups in total. The molecule has 0 radical (unpaired) electrons. The predicted molar refractivity (Wildman–Crippen MR) is 94.3 cm³/mol. The van der Waals surface area contributed by atoms with Crippen LogP contribution in [-0.4, -0.2) is 24.0 Å². The lowest BCUT2D eigenvalue weighted by molar-refractivity contribution is 0.402. The number of nitriles is 1. The summed E-state index contributed by atoms with van der Waals surface area (Å²) in [6, 6.07) is 14.4. The normalized spacial score (nSPS) is 11.0. The molecule has 5 heteroatoms. The average Bonchev–Trinajstić information content (AvgIpc) is 2.53. The Morgan fingerprint density at radius 2 is 2.00 bits per heavy atom. The van der Waals surface area contributed by atoms with Crippen LogP contribution in [0.15, 0.2) is 42.5 Å². The number of aromatic nitrogens is 1. The van der Waals surface area contributed by atoms with Gasteiger partial charge in [0.1, 0.15) is 11.6 Å².